The van der Waals surface area contributed by atoms with Crippen molar-refractivity contribution in [3.63, 3.8) is 0 Å². The van der Waals surface area contributed by atoms with Crippen LogP contribution in [-0.4, -0.2) is 55.0 Å². The molecule has 5 nitrogen and oxygen atoms in total. The molecule has 0 atom stereocenters. The summed E-state index contributed by atoms with van der Waals surface area (Å²) in [6, 6.07) is 5.38. The minimum absolute atomic E-state index is 0.0143. The predicted molar refractivity (Wildman–Crippen MR) is 85.7 cm³/mol. The third-order valence-electron chi connectivity index (χ3n) is 3.55. The first kappa shape index (κ1) is 15.3. The van der Waals surface area contributed by atoms with Gasteiger partial charge in [-0.15, -0.1) is 0 Å². The zero-order valence-electron chi connectivity index (χ0n) is 11.7. The third-order valence-corrected chi connectivity index (χ3v) is 4.20. The molecular weight excluding hydrogens is 320 g/mol. The highest BCUT2D eigenvalue weighted by molar-refractivity contribution is 9.10. The standard InChI is InChI=1S/C14H21BrN4O/c1-2-18-5-7-19(8-6-18)10-14(20)17-13-4-3-11(16)9-12(13)15/h3-4,9H,2,5-8,10,16H2,1H3,(H,17,20). The van der Waals surface area contributed by atoms with E-state index in [2.05, 4.69) is 38.0 Å². The van der Waals surface area contributed by atoms with E-state index in [4.69, 9.17) is 5.73 Å². The van der Waals surface area contributed by atoms with Crippen molar-refractivity contribution in [3.05, 3.63) is 22.7 Å². The third kappa shape index (κ3) is 4.19. The summed E-state index contributed by atoms with van der Waals surface area (Å²) in [7, 11) is 0. The summed E-state index contributed by atoms with van der Waals surface area (Å²) in [5, 5.41) is 2.91. The summed E-state index contributed by atoms with van der Waals surface area (Å²) in [5.41, 5.74) is 7.11. The Morgan fingerprint density at radius 2 is 1.95 bits per heavy atom. The topological polar surface area (TPSA) is 61.6 Å². The number of hydrogen-bond donors (Lipinski definition) is 2. The number of nitrogens with zero attached hydrogens (tertiary/aromatic N) is 2. The van der Waals surface area contributed by atoms with Crippen molar-refractivity contribution in [2.45, 2.75) is 6.92 Å². The van der Waals surface area contributed by atoms with Crippen LogP contribution in [0, 0.1) is 0 Å². The molecule has 1 amide bonds. The number of halogens is 1. The van der Waals surface area contributed by atoms with Crippen molar-refractivity contribution in [2.75, 3.05) is 50.3 Å². The average Bonchev–Trinajstić information content (AvgIpc) is 2.43. The maximum Gasteiger partial charge on any atom is 0.238 e. The van der Waals surface area contributed by atoms with E-state index in [-0.39, 0.29) is 5.91 Å². The summed E-state index contributed by atoms with van der Waals surface area (Å²) >= 11 is 3.40. The van der Waals surface area contributed by atoms with E-state index in [9.17, 15) is 4.79 Å². The van der Waals surface area contributed by atoms with Gasteiger partial charge in [0.15, 0.2) is 0 Å². The molecule has 1 aliphatic heterocycles. The fourth-order valence-electron chi connectivity index (χ4n) is 2.29. The van der Waals surface area contributed by atoms with Crippen LogP contribution in [0.1, 0.15) is 6.92 Å². The number of nitrogen functional groups attached to an aromatic ring is 1. The molecule has 0 unspecified atom stereocenters. The van der Waals surface area contributed by atoms with Crippen LogP contribution in [0.15, 0.2) is 22.7 Å². The van der Waals surface area contributed by atoms with Gasteiger partial charge in [0.05, 0.1) is 12.2 Å². The lowest BCUT2D eigenvalue weighted by atomic mass is 10.2. The molecule has 6 heteroatoms. The number of nitrogens with two attached hydrogens (primary N) is 1. The van der Waals surface area contributed by atoms with E-state index in [0.29, 0.717) is 12.2 Å². The SMILES string of the molecule is CCN1CCN(CC(=O)Nc2ccc(N)cc2Br)CC1. The number of nitrogens with one attached hydrogen (secondary N) is 1. The first-order valence-corrected chi connectivity index (χ1v) is 7.67. The van der Waals surface area contributed by atoms with Gasteiger partial charge in [-0.2, -0.15) is 0 Å². The van der Waals surface area contributed by atoms with E-state index in [0.717, 1.165) is 42.9 Å². The molecule has 0 aliphatic carbocycles. The molecule has 1 aromatic carbocycles. The zero-order chi connectivity index (χ0) is 14.5. The molecule has 110 valence electrons. The number of benzene rings is 1. The highest BCUT2D eigenvalue weighted by atomic mass is 79.9. The quantitative estimate of drug-likeness (QED) is 0.817. The Kier molecular flexibility index (Phi) is 5.39. The molecule has 2 rings (SSSR count). The van der Waals surface area contributed by atoms with E-state index in [1.54, 1.807) is 12.1 Å². The highest BCUT2D eigenvalue weighted by Gasteiger charge is 2.18. The number of rotatable bonds is 4. The Morgan fingerprint density at radius 1 is 1.30 bits per heavy atom. The van der Waals surface area contributed by atoms with Crippen LogP contribution >= 0.6 is 15.9 Å². The number of amides is 1. The molecule has 0 spiro atoms. The van der Waals surface area contributed by atoms with E-state index < -0.39 is 0 Å². The van der Waals surface area contributed by atoms with E-state index in [1.807, 2.05) is 6.07 Å². The Bertz CT molecular complexity index is 472. The zero-order valence-corrected chi connectivity index (χ0v) is 13.3. The van der Waals surface area contributed by atoms with Crippen molar-refractivity contribution in [3.8, 4) is 0 Å². The maximum absolute atomic E-state index is 12.1. The molecule has 1 aromatic rings. The van der Waals surface area contributed by atoms with Gasteiger partial charge in [0.25, 0.3) is 0 Å². The van der Waals surface area contributed by atoms with Crippen molar-refractivity contribution in [1.29, 1.82) is 0 Å². The van der Waals surface area contributed by atoms with Crippen molar-refractivity contribution >= 4 is 33.2 Å². The number of carbonyl (C=O) groups is 1. The Hall–Kier alpha value is -1.11. The van der Waals surface area contributed by atoms with Gasteiger partial charge < -0.3 is 16.0 Å². The highest BCUT2D eigenvalue weighted by Crippen LogP contribution is 2.24. The van der Waals surface area contributed by atoms with E-state index >= 15 is 0 Å². The number of hydrogen-bond acceptors (Lipinski definition) is 4. The largest absolute Gasteiger partial charge is 0.399 e. The summed E-state index contributed by atoms with van der Waals surface area (Å²) in [6.07, 6.45) is 0. The molecule has 0 radical (unpaired) electrons. The second-order valence-electron chi connectivity index (χ2n) is 5.00. The van der Waals surface area contributed by atoms with E-state index in [1.165, 1.54) is 0 Å². The molecule has 20 heavy (non-hydrogen) atoms. The van der Waals surface area contributed by atoms with Crippen LogP contribution < -0.4 is 11.1 Å². The van der Waals surface area contributed by atoms with Crippen molar-refractivity contribution in [2.24, 2.45) is 0 Å². The molecule has 1 saturated heterocycles. The minimum atomic E-state index is 0.0143. The maximum atomic E-state index is 12.1. The normalized spacial score (nSPS) is 17.1. The van der Waals surface area contributed by atoms with Crippen molar-refractivity contribution < 1.29 is 4.79 Å². The van der Waals surface area contributed by atoms with Crippen LogP contribution in [0.4, 0.5) is 11.4 Å². The lowest BCUT2D eigenvalue weighted by Gasteiger charge is -2.33. The van der Waals surface area contributed by atoms with Gasteiger partial charge in [-0.25, -0.2) is 0 Å². The van der Waals surface area contributed by atoms with Gasteiger partial charge in [0.1, 0.15) is 0 Å². The van der Waals surface area contributed by atoms with Crippen LogP contribution in [0.25, 0.3) is 0 Å². The van der Waals surface area contributed by atoms with Crippen LogP contribution in [0.3, 0.4) is 0 Å². The van der Waals surface area contributed by atoms with Crippen LogP contribution in [0.5, 0.6) is 0 Å². The van der Waals surface area contributed by atoms with Gasteiger partial charge in [0, 0.05) is 36.3 Å². The lowest BCUT2D eigenvalue weighted by Crippen LogP contribution is -2.48. The number of likely N-dealkylation sites (N-methyl/N-ethyl adjacent to an activating group) is 1. The van der Waals surface area contributed by atoms with Gasteiger partial charge in [-0.05, 0) is 40.7 Å². The number of piperazine rings is 1. The number of anilines is 2. The molecular formula is C14H21BrN4O. The Labute approximate surface area is 128 Å². The lowest BCUT2D eigenvalue weighted by molar-refractivity contribution is -0.117. The predicted octanol–water partition coefficient (Wildman–Crippen LogP) is 1.61. The van der Waals surface area contributed by atoms with Gasteiger partial charge in [-0.1, -0.05) is 6.92 Å². The first-order valence-electron chi connectivity index (χ1n) is 6.88. The molecule has 0 saturated carbocycles. The Balaban J connectivity index is 1.84. The first-order chi connectivity index (χ1) is 9.58. The summed E-state index contributed by atoms with van der Waals surface area (Å²) in [4.78, 5) is 16.6. The molecule has 1 fully saturated rings. The van der Waals surface area contributed by atoms with Gasteiger partial charge in [-0.3, -0.25) is 9.69 Å². The molecule has 3 N–H and O–H groups in total. The second kappa shape index (κ2) is 7.06. The van der Waals surface area contributed by atoms with Gasteiger partial charge in [0.2, 0.25) is 5.91 Å². The van der Waals surface area contributed by atoms with Crippen molar-refractivity contribution in [1.82, 2.24) is 9.80 Å². The minimum Gasteiger partial charge on any atom is -0.399 e. The number of carbonyl (C=O) groups excluding carboxylic acids is 1. The van der Waals surface area contributed by atoms with Gasteiger partial charge >= 0.3 is 0 Å². The fourth-order valence-corrected chi connectivity index (χ4v) is 2.78. The Morgan fingerprint density at radius 3 is 2.55 bits per heavy atom. The van der Waals surface area contributed by atoms with Crippen LogP contribution in [-0.2, 0) is 4.79 Å². The molecule has 1 heterocycles. The second-order valence-corrected chi connectivity index (χ2v) is 5.85. The smallest absolute Gasteiger partial charge is 0.238 e. The summed E-state index contributed by atoms with van der Waals surface area (Å²) in [6.45, 7) is 7.66. The molecule has 0 bridgehead atoms. The fraction of sp³-hybridized carbons (Fsp3) is 0.500. The summed E-state index contributed by atoms with van der Waals surface area (Å²) in [5.74, 6) is 0.0143. The average molecular weight is 341 g/mol. The molecule has 1 aliphatic rings. The monoisotopic (exact) mass is 340 g/mol. The van der Waals surface area contributed by atoms with Crippen LogP contribution in [0.2, 0.25) is 0 Å². The summed E-state index contributed by atoms with van der Waals surface area (Å²) < 4.78 is 0.807. The molecule has 0 aromatic heterocycles.